The van der Waals surface area contributed by atoms with E-state index in [1.54, 1.807) is 0 Å². The van der Waals surface area contributed by atoms with Crippen molar-refractivity contribution in [2.45, 2.75) is 37.8 Å². The molecule has 1 amide bonds. The van der Waals surface area contributed by atoms with E-state index >= 15 is 0 Å². The predicted molar refractivity (Wildman–Crippen MR) is 115 cm³/mol. The second kappa shape index (κ2) is 8.95. The highest BCUT2D eigenvalue weighted by Gasteiger charge is 2.23. The molecular formula is C21H29BrN4O2. The highest BCUT2D eigenvalue weighted by molar-refractivity contribution is 9.10. The van der Waals surface area contributed by atoms with Crippen molar-refractivity contribution in [1.29, 1.82) is 0 Å². The molecule has 3 N–H and O–H groups in total. The summed E-state index contributed by atoms with van der Waals surface area (Å²) in [5.41, 5.74) is 1.59. The maximum atomic E-state index is 12.6. The number of H-pyrrole nitrogens is 1. The van der Waals surface area contributed by atoms with Crippen molar-refractivity contribution in [3.8, 4) is 0 Å². The van der Waals surface area contributed by atoms with Crippen molar-refractivity contribution < 1.29 is 9.90 Å². The van der Waals surface area contributed by atoms with Gasteiger partial charge in [-0.3, -0.25) is 4.79 Å². The van der Waals surface area contributed by atoms with E-state index in [-0.39, 0.29) is 18.1 Å². The molecule has 2 aromatic rings. The summed E-state index contributed by atoms with van der Waals surface area (Å²) in [7, 11) is 0. The normalized spacial score (nSPS) is 20.6. The fourth-order valence-corrected chi connectivity index (χ4v) is 4.71. The van der Waals surface area contributed by atoms with Crippen molar-refractivity contribution in [2.75, 3.05) is 39.3 Å². The largest absolute Gasteiger partial charge is 0.393 e. The van der Waals surface area contributed by atoms with Crippen LogP contribution in [0.25, 0.3) is 10.9 Å². The quantitative estimate of drug-likeness (QED) is 0.657. The molecule has 0 atom stereocenters. The zero-order valence-corrected chi connectivity index (χ0v) is 17.7. The van der Waals surface area contributed by atoms with E-state index in [0.717, 1.165) is 80.3 Å². The van der Waals surface area contributed by atoms with Gasteiger partial charge in [0.2, 0.25) is 0 Å². The second-order valence-corrected chi connectivity index (χ2v) is 8.90. The predicted octanol–water partition coefficient (Wildman–Crippen LogP) is 2.58. The average Bonchev–Trinajstić information content (AvgIpc) is 3.15. The number of hydrogen-bond acceptors (Lipinski definition) is 4. The van der Waals surface area contributed by atoms with Crippen LogP contribution in [0.1, 0.15) is 36.2 Å². The van der Waals surface area contributed by atoms with E-state index in [2.05, 4.69) is 36.0 Å². The van der Waals surface area contributed by atoms with Gasteiger partial charge in [0.25, 0.3) is 5.91 Å². The molecule has 152 valence electrons. The summed E-state index contributed by atoms with van der Waals surface area (Å²) in [5.74, 6) is -0.0200. The van der Waals surface area contributed by atoms with Gasteiger partial charge in [-0.2, -0.15) is 0 Å². The zero-order chi connectivity index (χ0) is 19.5. The maximum Gasteiger partial charge on any atom is 0.267 e. The molecular weight excluding hydrogens is 420 g/mol. The van der Waals surface area contributed by atoms with Crippen LogP contribution in [0.2, 0.25) is 0 Å². The number of piperidine rings is 2. The smallest absolute Gasteiger partial charge is 0.267 e. The van der Waals surface area contributed by atoms with Crippen LogP contribution in [0.4, 0.5) is 0 Å². The Morgan fingerprint density at radius 3 is 2.39 bits per heavy atom. The number of amides is 1. The molecule has 0 spiro atoms. The molecule has 1 aromatic heterocycles. The van der Waals surface area contributed by atoms with Crippen LogP contribution in [-0.2, 0) is 0 Å². The monoisotopic (exact) mass is 448 g/mol. The summed E-state index contributed by atoms with van der Waals surface area (Å²) in [4.78, 5) is 20.8. The Hall–Kier alpha value is -1.41. The summed E-state index contributed by atoms with van der Waals surface area (Å²) in [6.45, 7) is 6.22. The maximum absolute atomic E-state index is 12.6. The highest BCUT2D eigenvalue weighted by Crippen LogP contribution is 2.24. The van der Waals surface area contributed by atoms with E-state index in [0.29, 0.717) is 5.69 Å². The highest BCUT2D eigenvalue weighted by atomic mass is 79.9. The third kappa shape index (κ3) is 4.76. The van der Waals surface area contributed by atoms with Gasteiger partial charge in [0.15, 0.2) is 0 Å². The lowest BCUT2D eigenvalue weighted by Gasteiger charge is -2.35. The van der Waals surface area contributed by atoms with Crippen LogP contribution < -0.4 is 5.32 Å². The number of benzene rings is 1. The van der Waals surface area contributed by atoms with Crippen LogP contribution in [-0.4, -0.2) is 77.2 Å². The van der Waals surface area contributed by atoms with E-state index in [1.807, 2.05) is 24.3 Å². The third-order valence-corrected chi connectivity index (χ3v) is 6.76. The number of aromatic nitrogens is 1. The zero-order valence-electron chi connectivity index (χ0n) is 16.2. The Morgan fingerprint density at radius 1 is 1.11 bits per heavy atom. The van der Waals surface area contributed by atoms with Gasteiger partial charge in [0.1, 0.15) is 5.69 Å². The van der Waals surface area contributed by atoms with E-state index in [4.69, 9.17) is 0 Å². The number of likely N-dealkylation sites (tertiary alicyclic amines) is 2. The van der Waals surface area contributed by atoms with Gasteiger partial charge in [0.05, 0.1) is 6.10 Å². The summed E-state index contributed by atoms with van der Waals surface area (Å²) >= 11 is 3.54. The molecule has 1 aromatic carbocycles. The van der Waals surface area contributed by atoms with E-state index < -0.39 is 0 Å². The molecule has 2 aliphatic rings. The summed E-state index contributed by atoms with van der Waals surface area (Å²) in [6.07, 6.45) is 3.69. The van der Waals surface area contributed by atoms with Crippen molar-refractivity contribution >= 4 is 32.7 Å². The Bertz CT molecular complexity index is 808. The summed E-state index contributed by atoms with van der Waals surface area (Å²) in [5, 5.41) is 13.8. The molecule has 0 bridgehead atoms. The SMILES string of the molecule is O=C(NC1CCN(CCN2CCC(O)CC2)CC1)c1cc2c(Br)cccc2[nH]1. The molecule has 6 nitrogen and oxygen atoms in total. The third-order valence-electron chi connectivity index (χ3n) is 6.07. The number of nitrogens with zero attached hydrogens (tertiary/aromatic N) is 2. The fraction of sp³-hybridized carbons (Fsp3) is 0.571. The molecule has 2 fully saturated rings. The Morgan fingerprint density at radius 2 is 1.75 bits per heavy atom. The number of rotatable bonds is 5. The number of carbonyl (C=O) groups excluding carboxylic acids is 1. The number of nitrogens with one attached hydrogen (secondary N) is 2. The molecule has 0 unspecified atom stereocenters. The number of aliphatic hydroxyl groups is 1. The van der Waals surface area contributed by atoms with Gasteiger partial charge in [-0.25, -0.2) is 0 Å². The minimum atomic E-state index is -0.103. The molecule has 3 heterocycles. The van der Waals surface area contributed by atoms with Crippen LogP contribution in [0, 0.1) is 0 Å². The molecule has 28 heavy (non-hydrogen) atoms. The van der Waals surface area contributed by atoms with Crippen molar-refractivity contribution in [2.24, 2.45) is 0 Å². The Balaban J connectivity index is 1.22. The number of fused-ring (bicyclic) bond motifs is 1. The fourth-order valence-electron chi connectivity index (χ4n) is 4.23. The summed E-state index contributed by atoms with van der Waals surface area (Å²) in [6, 6.07) is 8.09. The van der Waals surface area contributed by atoms with Crippen molar-refractivity contribution in [3.63, 3.8) is 0 Å². The van der Waals surface area contributed by atoms with Gasteiger partial charge in [-0.05, 0) is 43.9 Å². The topological polar surface area (TPSA) is 71.6 Å². The number of halogens is 1. The van der Waals surface area contributed by atoms with Crippen molar-refractivity contribution in [3.05, 3.63) is 34.4 Å². The lowest BCUT2D eigenvalue weighted by Crippen LogP contribution is -2.47. The van der Waals surface area contributed by atoms with E-state index in [9.17, 15) is 9.90 Å². The Labute approximate surface area is 174 Å². The lowest BCUT2D eigenvalue weighted by atomic mass is 10.0. The number of aliphatic hydroxyl groups excluding tert-OH is 1. The van der Waals surface area contributed by atoms with Crippen molar-refractivity contribution in [1.82, 2.24) is 20.1 Å². The molecule has 0 saturated carbocycles. The van der Waals surface area contributed by atoms with Crippen LogP contribution in [0.15, 0.2) is 28.7 Å². The van der Waals surface area contributed by atoms with Gasteiger partial charge in [-0.15, -0.1) is 0 Å². The molecule has 4 rings (SSSR count). The average molecular weight is 449 g/mol. The molecule has 2 aliphatic heterocycles. The Kier molecular flexibility index (Phi) is 6.35. The van der Waals surface area contributed by atoms with Gasteiger partial charge >= 0.3 is 0 Å². The molecule has 0 radical (unpaired) electrons. The van der Waals surface area contributed by atoms with Crippen LogP contribution >= 0.6 is 15.9 Å². The van der Waals surface area contributed by atoms with Gasteiger partial charge < -0.3 is 25.2 Å². The number of hydrogen-bond donors (Lipinski definition) is 3. The first-order valence-corrected chi connectivity index (χ1v) is 11.1. The minimum absolute atomic E-state index is 0.0200. The van der Waals surface area contributed by atoms with Gasteiger partial charge in [0, 0.05) is 60.7 Å². The lowest BCUT2D eigenvalue weighted by molar-refractivity contribution is 0.0729. The molecule has 0 aliphatic carbocycles. The summed E-state index contributed by atoms with van der Waals surface area (Å²) < 4.78 is 0.997. The second-order valence-electron chi connectivity index (χ2n) is 8.05. The number of carbonyl (C=O) groups is 1. The van der Waals surface area contributed by atoms with Crippen LogP contribution in [0.5, 0.6) is 0 Å². The van der Waals surface area contributed by atoms with Gasteiger partial charge in [-0.1, -0.05) is 22.0 Å². The standard InChI is InChI=1S/C21H29BrN4O2/c22-18-2-1-3-19-17(18)14-20(24-19)21(28)23-15-4-8-25(9-5-15)12-13-26-10-6-16(27)7-11-26/h1-3,14-16,24,27H,4-13H2,(H,23,28). The van der Waals surface area contributed by atoms with E-state index in [1.165, 1.54) is 0 Å². The first-order valence-electron chi connectivity index (χ1n) is 10.3. The molecule has 7 heteroatoms. The minimum Gasteiger partial charge on any atom is -0.393 e. The van der Waals surface area contributed by atoms with Crippen LogP contribution in [0.3, 0.4) is 0 Å². The first kappa shape index (κ1) is 19.9. The molecule has 2 saturated heterocycles. The number of aromatic amines is 1. The first-order chi connectivity index (χ1) is 13.6.